The monoisotopic (exact) mass is 402 g/mol. The van der Waals surface area contributed by atoms with E-state index in [2.05, 4.69) is 20.5 Å². The summed E-state index contributed by atoms with van der Waals surface area (Å²) in [4.78, 5) is 43.4. The molecule has 158 valence electrons. The first kappa shape index (κ1) is 22.4. The molecule has 1 amide bonds. The number of hydrogen-bond acceptors (Lipinski definition) is 7. The Morgan fingerprint density at radius 3 is 2.62 bits per heavy atom. The van der Waals surface area contributed by atoms with Gasteiger partial charge in [0.1, 0.15) is 6.04 Å². The summed E-state index contributed by atoms with van der Waals surface area (Å²) in [5.41, 5.74) is -0.741. The van der Waals surface area contributed by atoms with Gasteiger partial charge < -0.3 is 21.5 Å². The number of amides is 1. The molecule has 1 saturated heterocycles. The molecule has 0 spiro atoms. The van der Waals surface area contributed by atoms with Gasteiger partial charge in [-0.2, -0.15) is 0 Å². The van der Waals surface area contributed by atoms with Crippen LogP contribution < -0.4 is 16.2 Å². The topological polar surface area (TPSA) is 142 Å². The number of Topliss-reactive ketones (excluding diaryl/α,β-unsaturated/α-hetero) is 1. The summed E-state index contributed by atoms with van der Waals surface area (Å²) in [6, 6.07) is -0.785. The minimum atomic E-state index is -0.785. The van der Waals surface area contributed by atoms with E-state index in [0.29, 0.717) is 13.0 Å². The number of nitrogens with one attached hydrogen (secondary N) is 3. The van der Waals surface area contributed by atoms with Crippen LogP contribution in [0.25, 0.3) is 5.41 Å². The van der Waals surface area contributed by atoms with Gasteiger partial charge in [-0.05, 0) is 39.3 Å². The van der Waals surface area contributed by atoms with E-state index >= 15 is 0 Å². The van der Waals surface area contributed by atoms with E-state index in [-0.39, 0.29) is 36.1 Å². The van der Waals surface area contributed by atoms with E-state index in [1.807, 2.05) is 0 Å². The Hall–Kier alpha value is -2.88. The first-order valence-corrected chi connectivity index (χ1v) is 9.76. The van der Waals surface area contributed by atoms with Crippen LogP contribution in [0.5, 0.6) is 0 Å². The van der Waals surface area contributed by atoms with Gasteiger partial charge >= 0.3 is 0 Å². The van der Waals surface area contributed by atoms with Gasteiger partial charge in [-0.25, -0.2) is 4.98 Å². The molecule has 3 N–H and O–H groups in total. The molecular weight excluding hydrogens is 374 g/mol. The zero-order valence-electron chi connectivity index (χ0n) is 16.9. The molecule has 0 aliphatic carbocycles. The second kappa shape index (κ2) is 10.6. The van der Waals surface area contributed by atoms with Crippen molar-refractivity contribution in [3.63, 3.8) is 0 Å². The van der Waals surface area contributed by atoms with Crippen molar-refractivity contribution in [2.45, 2.75) is 39.2 Å². The smallest absolute Gasteiger partial charge is 0.294 e. The molecular formula is C19H28N7O3-. The average Bonchev–Trinajstić information content (AvgIpc) is 3.19. The number of aromatic nitrogens is 2. The SMILES string of the molecule is CC[C@@H](C(=O)NCC(=O)CN1CCCC1)n1ccnc(NCC(=[N-])C(C)=N)c1=O. The lowest BCUT2D eigenvalue weighted by atomic mass is 10.2. The molecule has 1 fully saturated rings. The summed E-state index contributed by atoms with van der Waals surface area (Å²) in [5, 5.41) is 22.3. The van der Waals surface area contributed by atoms with Crippen molar-refractivity contribution in [3.05, 3.63) is 28.2 Å². The molecule has 10 heteroatoms. The van der Waals surface area contributed by atoms with Crippen LogP contribution in [0, 0.1) is 5.41 Å². The van der Waals surface area contributed by atoms with Gasteiger partial charge in [-0.15, -0.1) is 5.71 Å². The Morgan fingerprint density at radius 1 is 1.31 bits per heavy atom. The van der Waals surface area contributed by atoms with Gasteiger partial charge in [0.25, 0.3) is 5.56 Å². The van der Waals surface area contributed by atoms with Gasteiger partial charge in [-0.1, -0.05) is 6.92 Å². The lowest BCUT2D eigenvalue weighted by Crippen LogP contribution is -2.41. The lowest BCUT2D eigenvalue weighted by molar-refractivity contribution is -0.127. The van der Waals surface area contributed by atoms with Crippen LogP contribution in [0.2, 0.25) is 0 Å². The van der Waals surface area contributed by atoms with Crippen LogP contribution in [-0.4, -0.2) is 70.3 Å². The number of rotatable bonds is 11. The molecule has 1 atom stereocenters. The quantitative estimate of drug-likeness (QED) is 0.458. The maximum absolute atomic E-state index is 12.7. The highest BCUT2D eigenvalue weighted by atomic mass is 16.2. The van der Waals surface area contributed by atoms with Crippen LogP contribution in [-0.2, 0) is 9.59 Å². The van der Waals surface area contributed by atoms with Crippen LogP contribution in [0.15, 0.2) is 17.2 Å². The zero-order chi connectivity index (χ0) is 21.4. The number of carbonyl (C=O) groups excluding carboxylic acids is 2. The normalized spacial score (nSPS) is 15.0. The first-order valence-electron chi connectivity index (χ1n) is 9.76. The predicted octanol–water partition coefficient (Wildman–Crippen LogP) is 0.437. The van der Waals surface area contributed by atoms with Gasteiger partial charge in [-0.3, -0.25) is 23.9 Å². The van der Waals surface area contributed by atoms with E-state index in [9.17, 15) is 19.8 Å². The van der Waals surface area contributed by atoms with Gasteiger partial charge in [0.05, 0.1) is 13.1 Å². The van der Waals surface area contributed by atoms with Crippen LogP contribution >= 0.6 is 0 Å². The average molecular weight is 402 g/mol. The molecule has 0 bridgehead atoms. The van der Waals surface area contributed by atoms with Crippen molar-refractivity contribution >= 4 is 28.9 Å². The molecule has 29 heavy (non-hydrogen) atoms. The largest absolute Gasteiger partial charge is 0.805 e. The van der Waals surface area contributed by atoms with E-state index < -0.39 is 17.5 Å². The third kappa shape index (κ3) is 6.31. The summed E-state index contributed by atoms with van der Waals surface area (Å²) >= 11 is 0. The maximum Gasteiger partial charge on any atom is 0.294 e. The molecule has 0 unspecified atom stereocenters. The van der Waals surface area contributed by atoms with E-state index in [1.54, 1.807) is 6.92 Å². The Labute approximate surface area is 169 Å². The maximum atomic E-state index is 12.7. The molecule has 2 heterocycles. The van der Waals surface area contributed by atoms with Gasteiger partial charge in [0, 0.05) is 24.7 Å². The summed E-state index contributed by atoms with van der Waals surface area (Å²) < 4.78 is 1.25. The number of carbonyl (C=O) groups is 2. The number of hydrogen-bond donors (Lipinski definition) is 3. The number of ketones is 1. The van der Waals surface area contributed by atoms with Crippen molar-refractivity contribution in [2.24, 2.45) is 0 Å². The molecule has 10 nitrogen and oxygen atoms in total. The van der Waals surface area contributed by atoms with Crippen LogP contribution in [0.4, 0.5) is 5.82 Å². The molecule has 0 saturated carbocycles. The Bertz CT molecular complexity index is 827. The van der Waals surface area contributed by atoms with Crippen molar-refractivity contribution in [1.82, 2.24) is 19.8 Å². The fourth-order valence-corrected chi connectivity index (χ4v) is 3.15. The van der Waals surface area contributed by atoms with Crippen molar-refractivity contribution < 1.29 is 9.59 Å². The molecule has 2 rings (SSSR count). The van der Waals surface area contributed by atoms with Crippen LogP contribution in [0.1, 0.15) is 39.2 Å². The summed E-state index contributed by atoms with van der Waals surface area (Å²) in [6.45, 7) is 5.15. The third-order valence-corrected chi connectivity index (χ3v) is 4.81. The molecule has 1 aliphatic heterocycles. The van der Waals surface area contributed by atoms with Gasteiger partial charge in [0.15, 0.2) is 11.6 Å². The minimum absolute atomic E-state index is 0.0156. The Balaban J connectivity index is 2.00. The number of nitrogens with zero attached hydrogens (tertiary/aromatic N) is 4. The number of anilines is 1. The zero-order valence-corrected chi connectivity index (χ0v) is 16.9. The fourth-order valence-electron chi connectivity index (χ4n) is 3.15. The third-order valence-electron chi connectivity index (χ3n) is 4.81. The summed E-state index contributed by atoms with van der Waals surface area (Å²) in [6.07, 6.45) is 5.33. The van der Waals surface area contributed by atoms with Crippen molar-refractivity contribution in [2.75, 3.05) is 38.0 Å². The van der Waals surface area contributed by atoms with Gasteiger partial charge in [0.2, 0.25) is 5.91 Å². The first-order chi connectivity index (χ1) is 13.8. The highest BCUT2D eigenvalue weighted by molar-refractivity contribution is 6.42. The van der Waals surface area contributed by atoms with E-state index in [4.69, 9.17) is 5.41 Å². The molecule has 0 radical (unpaired) electrons. The highest BCUT2D eigenvalue weighted by Gasteiger charge is 2.22. The summed E-state index contributed by atoms with van der Waals surface area (Å²) in [5.74, 6) is -0.504. The standard InChI is InChI=1S/C19H28N7O3/c1-3-16(18(28)24-10-14(27)12-25-7-4-5-8-25)26-9-6-22-17(19(26)29)23-11-15(21)13(2)20/h6,9,16,20H,3-5,7-8,10-12H2,1-2H3,(H,22,23)(H,24,28)/q-1/t16-/m0/s1. The molecule has 1 aliphatic rings. The molecule has 1 aromatic rings. The second-order valence-corrected chi connectivity index (χ2v) is 7.08. The number of likely N-dealkylation sites (tertiary alicyclic amines) is 1. The molecule has 0 aromatic carbocycles. The fraction of sp³-hybridized carbons (Fsp3) is 0.579. The van der Waals surface area contributed by atoms with Crippen molar-refractivity contribution in [1.29, 1.82) is 5.41 Å². The summed E-state index contributed by atoms with van der Waals surface area (Å²) in [7, 11) is 0. The Kier molecular flexibility index (Phi) is 8.20. The van der Waals surface area contributed by atoms with Crippen LogP contribution in [0.3, 0.4) is 0 Å². The highest BCUT2D eigenvalue weighted by Crippen LogP contribution is 2.10. The minimum Gasteiger partial charge on any atom is -0.805 e. The lowest BCUT2D eigenvalue weighted by Gasteiger charge is -2.19. The Morgan fingerprint density at radius 2 is 2.00 bits per heavy atom. The predicted molar refractivity (Wildman–Crippen MR) is 112 cm³/mol. The van der Waals surface area contributed by atoms with Crippen molar-refractivity contribution in [3.8, 4) is 0 Å². The van der Waals surface area contributed by atoms with E-state index in [1.165, 1.54) is 23.9 Å². The van der Waals surface area contributed by atoms with E-state index in [0.717, 1.165) is 25.9 Å². The second-order valence-electron chi connectivity index (χ2n) is 7.08. The molecule has 1 aromatic heterocycles.